The molecule has 1 saturated heterocycles. The normalized spacial score (nSPS) is 18.3. The summed E-state index contributed by atoms with van der Waals surface area (Å²) in [5.74, 6) is 1.39. The summed E-state index contributed by atoms with van der Waals surface area (Å²) in [5, 5.41) is 0. The van der Waals surface area contributed by atoms with Crippen molar-refractivity contribution in [3.05, 3.63) is 23.8 Å². The van der Waals surface area contributed by atoms with Crippen molar-refractivity contribution in [1.82, 2.24) is 4.90 Å². The molecule has 0 saturated carbocycles. The van der Waals surface area contributed by atoms with E-state index in [1.54, 1.807) is 4.90 Å². The number of rotatable bonds is 2. The van der Waals surface area contributed by atoms with E-state index >= 15 is 0 Å². The number of carbonyl (C=O) groups excluding carboxylic acids is 2. The second-order valence-electron chi connectivity index (χ2n) is 4.47. The smallest absolute Gasteiger partial charge is 0.231 e. The summed E-state index contributed by atoms with van der Waals surface area (Å²) in [6, 6.07) is 5.64. The maximum atomic E-state index is 11.7. The number of benzene rings is 1. The molecule has 2 aliphatic heterocycles. The summed E-state index contributed by atoms with van der Waals surface area (Å²) >= 11 is 0. The topological polar surface area (TPSA) is 55.8 Å². The fourth-order valence-electron chi connectivity index (χ4n) is 2.18. The van der Waals surface area contributed by atoms with Crippen molar-refractivity contribution < 1.29 is 19.1 Å². The van der Waals surface area contributed by atoms with Gasteiger partial charge < -0.3 is 14.4 Å². The van der Waals surface area contributed by atoms with Crippen molar-refractivity contribution in [2.75, 3.05) is 13.3 Å². The van der Waals surface area contributed by atoms with Gasteiger partial charge in [0.25, 0.3) is 0 Å². The van der Waals surface area contributed by atoms with Crippen LogP contribution in [0, 0.1) is 0 Å². The van der Waals surface area contributed by atoms with Gasteiger partial charge in [-0.25, -0.2) is 0 Å². The van der Waals surface area contributed by atoms with Gasteiger partial charge in [0.1, 0.15) is 5.78 Å². The first kappa shape index (κ1) is 11.1. The van der Waals surface area contributed by atoms with Crippen LogP contribution in [0.3, 0.4) is 0 Å². The van der Waals surface area contributed by atoms with Crippen molar-refractivity contribution in [1.29, 1.82) is 0 Å². The molecule has 0 aliphatic carbocycles. The lowest BCUT2D eigenvalue weighted by Crippen LogP contribution is -2.38. The van der Waals surface area contributed by atoms with Gasteiger partial charge in [-0.2, -0.15) is 0 Å². The molecule has 1 amide bonds. The summed E-state index contributed by atoms with van der Waals surface area (Å²) in [6.45, 7) is 1.27. The molecule has 0 spiro atoms. The Kier molecular flexibility index (Phi) is 2.66. The molecule has 5 nitrogen and oxygen atoms in total. The zero-order chi connectivity index (χ0) is 12.5. The van der Waals surface area contributed by atoms with Crippen molar-refractivity contribution >= 4 is 11.7 Å². The molecule has 0 radical (unpaired) electrons. The number of ketones is 1. The highest BCUT2D eigenvalue weighted by Gasteiger charge is 2.24. The molecular weight excluding hydrogens is 234 g/mol. The number of nitrogens with zero attached hydrogens (tertiary/aromatic N) is 1. The maximum absolute atomic E-state index is 11.7. The third kappa shape index (κ3) is 2.03. The fraction of sp³-hybridized carbons (Fsp3) is 0.385. The Morgan fingerprint density at radius 2 is 2.00 bits per heavy atom. The molecule has 2 aliphatic rings. The van der Waals surface area contributed by atoms with Crippen LogP contribution >= 0.6 is 0 Å². The highest BCUT2D eigenvalue weighted by Crippen LogP contribution is 2.32. The van der Waals surface area contributed by atoms with Gasteiger partial charge in [-0.1, -0.05) is 6.07 Å². The highest BCUT2D eigenvalue weighted by atomic mass is 16.7. The van der Waals surface area contributed by atoms with E-state index in [0.717, 1.165) is 11.3 Å². The van der Waals surface area contributed by atoms with E-state index in [1.165, 1.54) is 0 Å². The molecule has 5 heteroatoms. The van der Waals surface area contributed by atoms with Crippen molar-refractivity contribution in [2.45, 2.75) is 19.4 Å². The van der Waals surface area contributed by atoms with Crippen LogP contribution < -0.4 is 9.47 Å². The summed E-state index contributed by atoms with van der Waals surface area (Å²) < 4.78 is 10.5. The Labute approximate surface area is 104 Å². The van der Waals surface area contributed by atoms with Crippen LogP contribution in [0.2, 0.25) is 0 Å². The van der Waals surface area contributed by atoms with E-state index in [4.69, 9.17) is 9.47 Å². The average Bonchev–Trinajstić information content (AvgIpc) is 2.80. The van der Waals surface area contributed by atoms with Gasteiger partial charge >= 0.3 is 0 Å². The predicted molar refractivity (Wildman–Crippen MR) is 62.2 cm³/mol. The van der Waals surface area contributed by atoms with Gasteiger partial charge in [-0.15, -0.1) is 0 Å². The molecule has 1 aromatic rings. The van der Waals surface area contributed by atoms with Crippen LogP contribution in [-0.2, 0) is 16.1 Å². The summed E-state index contributed by atoms with van der Waals surface area (Å²) in [5.41, 5.74) is 0.988. The maximum Gasteiger partial charge on any atom is 0.231 e. The SMILES string of the molecule is O=C1CCN(Cc2ccc3c(c2)OCO3)C(=O)C1. The van der Waals surface area contributed by atoms with Crippen molar-refractivity contribution in [3.63, 3.8) is 0 Å². The minimum absolute atomic E-state index is 0.0296. The van der Waals surface area contributed by atoms with E-state index in [2.05, 4.69) is 0 Å². The second kappa shape index (κ2) is 4.33. The molecule has 1 fully saturated rings. The first-order valence-corrected chi connectivity index (χ1v) is 5.90. The third-order valence-electron chi connectivity index (χ3n) is 3.17. The number of ether oxygens (including phenoxy) is 2. The first-order chi connectivity index (χ1) is 8.72. The lowest BCUT2D eigenvalue weighted by atomic mass is 10.1. The van der Waals surface area contributed by atoms with Crippen molar-refractivity contribution in [2.24, 2.45) is 0 Å². The lowest BCUT2D eigenvalue weighted by Gasteiger charge is -2.26. The van der Waals surface area contributed by atoms with Gasteiger partial charge in [0, 0.05) is 19.5 Å². The van der Waals surface area contributed by atoms with Gasteiger partial charge in [0.2, 0.25) is 12.7 Å². The lowest BCUT2D eigenvalue weighted by molar-refractivity contribution is -0.139. The summed E-state index contributed by atoms with van der Waals surface area (Å²) in [4.78, 5) is 24.5. The molecule has 3 rings (SSSR count). The minimum Gasteiger partial charge on any atom is -0.454 e. The fourth-order valence-corrected chi connectivity index (χ4v) is 2.18. The predicted octanol–water partition coefficient (Wildman–Crippen LogP) is 1.11. The molecule has 0 aromatic heterocycles. The molecular formula is C13H13NO4. The Morgan fingerprint density at radius 1 is 1.17 bits per heavy atom. The molecule has 0 bridgehead atoms. The van der Waals surface area contributed by atoms with Crippen molar-refractivity contribution in [3.8, 4) is 11.5 Å². The van der Waals surface area contributed by atoms with Crippen LogP contribution in [0.1, 0.15) is 18.4 Å². The Morgan fingerprint density at radius 3 is 2.83 bits per heavy atom. The molecule has 0 unspecified atom stereocenters. The third-order valence-corrected chi connectivity index (χ3v) is 3.17. The molecule has 0 atom stereocenters. The largest absolute Gasteiger partial charge is 0.454 e. The number of amides is 1. The Bertz CT molecular complexity index is 512. The monoisotopic (exact) mass is 247 g/mol. The molecule has 0 N–H and O–H groups in total. The quantitative estimate of drug-likeness (QED) is 0.734. The zero-order valence-corrected chi connectivity index (χ0v) is 9.85. The van der Waals surface area contributed by atoms with Crippen LogP contribution in [0.5, 0.6) is 11.5 Å². The average molecular weight is 247 g/mol. The van der Waals surface area contributed by atoms with Crippen LogP contribution in [0.4, 0.5) is 0 Å². The second-order valence-corrected chi connectivity index (χ2v) is 4.47. The Hall–Kier alpha value is -2.04. The standard InChI is InChI=1S/C13H13NO4/c15-10-3-4-14(13(16)6-10)7-9-1-2-11-12(5-9)18-8-17-11/h1-2,5H,3-4,6-8H2. The van der Waals surface area contributed by atoms with Gasteiger partial charge in [-0.05, 0) is 17.7 Å². The number of Topliss-reactive ketones (excluding diaryl/α,β-unsaturated/α-hetero) is 1. The van der Waals surface area contributed by atoms with E-state index < -0.39 is 0 Å². The summed E-state index contributed by atoms with van der Waals surface area (Å²) in [6.07, 6.45) is 0.487. The highest BCUT2D eigenvalue weighted by molar-refractivity contribution is 6.00. The van der Waals surface area contributed by atoms with Crippen LogP contribution in [0.15, 0.2) is 18.2 Å². The Balaban J connectivity index is 1.73. The number of fused-ring (bicyclic) bond motifs is 1. The number of hydrogen-bond acceptors (Lipinski definition) is 4. The molecule has 2 heterocycles. The van der Waals surface area contributed by atoms with Gasteiger partial charge in [0.05, 0.1) is 6.42 Å². The van der Waals surface area contributed by atoms with Gasteiger partial charge in [-0.3, -0.25) is 9.59 Å². The van der Waals surface area contributed by atoms with Crippen LogP contribution in [0.25, 0.3) is 0 Å². The zero-order valence-electron chi connectivity index (χ0n) is 9.85. The van der Waals surface area contributed by atoms with Crippen LogP contribution in [-0.4, -0.2) is 29.9 Å². The van der Waals surface area contributed by atoms with Gasteiger partial charge in [0.15, 0.2) is 11.5 Å². The van der Waals surface area contributed by atoms with E-state index in [9.17, 15) is 9.59 Å². The molecule has 18 heavy (non-hydrogen) atoms. The molecule has 94 valence electrons. The molecule has 1 aromatic carbocycles. The first-order valence-electron chi connectivity index (χ1n) is 5.90. The minimum atomic E-state index is -0.0936. The van der Waals surface area contributed by atoms with E-state index in [0.29, 0.717) is 25.3 Å². The number of likely N-dealkylation sites (tertiary alicyclic amines) is 1. The van der Waals surface area contributed by atoms with E-state index in [-0.39, 0.29) is 24.9 Å². The summed E-state index contributed by atoms with van der Waals surface area (Å²) in [7, 11) is 0. The number of hydrogen-bond donors (Lipinski definition) is 0. The number of carbonyl (C=O) groups is 2. The number of piperidine rings is 1. The van der Waals surface area contributed by atoms with E-state index in [1.807, 2.05) is 18.2 Å².